The van der Waals surface area contributed by atoms with Crippen LogP contribution >= 0.6 is 0 Å². The van der Waals surface area contributed by atoms with Crippen molar-refractivity contribution in [3.05, 3.63) is 0 Å². The molecule has 0 radical (unpaired) electrons. The molecule has 0 aromatic heterocycles. The summed E-state index contributed by atoms with van der Waals surface area (Å²) >= 11 is 0. The number of carbonyl (C=O) groups is 1. The van der Waals surface area contributed by atoms with Crippen LogP contribution in [-0.2, 0) is 4.79 Å². The molecule has 1 aliphatic rings. The molecule has 11 heavy (non-hydrogen) atoms. The Morgan fingerprint density at radius 3 is 2.73 bits per heavy atom. The van der Waals surface area contributed by atoms with Gasteiger partial charge in [0.25, 0.3) is 0 Å². The van der Waals surface area contributed by atoms with Crippen LogP contribution < -0.4 is 5.32 Å². The average Bonchev–Trinajstić information content (AvgIpc) is 2.37. The van der Waals surface area contributed by atoms with Crippen molar-refractivity contribution in [3.8, 4) is 0 Å². The molecule has 2 unspecified atom stereocenters. The molecule has 2 nitrogen and oxygen atoms in total. The van der Waals surface area contributed by atoms with Gasteiger partial charge in [-0.1, -0.05) is 20.3 Å². The fraction of sp³-hybridized carbons (Fsp3) is 0.889. The van der Waals surface area contributed by atoms with E-state index in [4.69, 9.17) is 0 Å². The smallest absolute Gasteiger partial charge is 0.219 e. The number of hydrogen-bond acceptors (Lipinski definition) is 1. The summed E-state index contributed by atoms with van der Waals surface area (Å²) in [4.78, 5) is 11.0. The van der Waals surface area contributed by atoms with E-state index in [1.54, 1.807) is 0 Å². The van der Waals surface area contributed by atoms with Crippen molar-refractivity contribution in [2.45, 2.75) is 45.6 Å². The maximum Gasteiger partial charge on any atom is 0.219 e. The minimum absolute atomic E-state index is 0.198. The van der Waals surface area contributed by atoms with Crippen LogP contribution in [0.3, 0.4) is 0 Å². The summed E-state index contributed by atoms with van der Waals surface area (Å²) in [6, 6.07) is 0.461. The molecule has 0 aliphatic heterocycles. The Morgan fingerprint density at radius 2 is 2.27 bits per heavy atom. The van der Waals surface area contributed by atoms with Gasteiger partial charge in [-0.3, -0.25) is 4.79 Å². The van der Waals surface area contributed by atoms with Gasteiger partial charge in [0, 0.05) is 12.5 Å². The van der Waals surface area contributed by atoms with Gasteiger partial charge in [-0.05, 0) is 18.8 Å². The van der Waals surface area contributed by atoms with Gasteiger partial charge in [-0.15, -0.1) is 0 Å². The molecule has 1 aliphatic carbocycles. The largest absolute Gasteiger partial charge is 0.353 e. The van der Waals surface area contributed by atoms with Crippen molar-refractivity contribution in [1.82, 2.24) is 5.32 Å². The summed E-state index contributed by atoms with van der Waals surface area (Å²) in [5.41, 5.74) is 0. The Morgan fingerprint density at radius 1 is 1.55 bits per heavy atom. The van der Waals surface area contributed by atoms with Crippen LogP contribution in [0.1, 0.15) is 39.5 Å². The second kappa shape index (κ2) is 3.74. The second-order valence-corrected chi connectivity index (χ2v) is 3.44. The number of rotatable bonds is 2. The maximum atomic E-state index is 11.0. The third-order valence-corrected chi connectivity index (χ3v) is 2.53. The van der Waals surface area contributed by atoms with Crippen LogP contribution in [0.25, 0.3) is 0 Å². The minimum Gasteiger partial charge on any atom is -0.353 e. The first-order valence-electron chi connectivity index (χ1n) is 4.53. The maximum absolute atomic E-state index is 11.0. The summed E-state index contributed by atoms with van der Waals surface area (Å²) in [5.74, 6) is 0.884. The molecule has 0 aromatic rings. The van der Waals surface area contributed by atoms with Crippen molar-refractivity contribution in [2.75, 3.05) is 0 Å². The Bertz CT molecular complexity index is 144. The van der Waals surface area contributed by atoms with E-state index < -0.39 is 0 Å². The normalized spacial score (nSPS) is 30.4. The third kappa shape index (κ3) is 2.21. The lowest BCUT2D eigenvalue weighted by atomic mass is 10.1. The molecule has 1 rings (SSSR count). The second-order valence-electron chi connectivity index (χ2n) is 3.44. The molecule has 0 saturated heterocycles. The van der Waals surface area contributed by atoms with Gasteiger partial charge in [-0.25, -0.2) is 0 Å². The van der Waals surface area contributed by atoms with Gasteiger partial charge >= 0.3 is 0 Å². The number of nitrogens with one attached hydrogen (secondary N) is 1. The summed E-state index contributed by atoms with van der Waals surface area (Å²) in [5, 5.41) is 3.04. The van der Waals surface area contributed by atoms with Gasteiger partial charge in [0.05, 0.1) is 0 Å². The Hall–Kier alpha value is -0.530. The lowest BCUT2D eigenvalue weighted by molar-refractivity contribution is -0.121. The topological polar surface area (TPSA) is 29.1 Å². The van der Waals surface area contributed by atoms with Crippen molar-refractivity contribution in [3.63, 3.8) is 0 Å². The highest BCUT2D eigenvalue weighted by Crippen LogP contribution is 2.24. The minimum atomic E-state index is 0.198. The van der Waals surface area contributed by atoms with Crippen LogP contribution in [0.2, 0.25) is 0 Å². The van der Waals surface area contributed by atoms with E-state index in [1.165, 1.54) is 19.3 Å². The molecular weight excluding hydrogens is 138 g/mol. The van der Waals surface area contributed by atoms with Gasteiger partial charge in [-0.2, -0.15) is 0 Å². The van der Waals surface area contributed by atoms with E-state index in [1.807, 2.05) is 6.92 Å². The van der Waals surface area contributed by atoms with E-state index in [-0.39, 0.29) is 5.91 Å². The van der Waals surface area contributed by atoms with Gasteiger partial charge in [0.2, 0.25) is 5.91 Å². The predicted octanol–water partition coefficient (Wildman–Crippen LogP) is 1.70. The molecule has 1 amide bonds. The third-order valence-electron chi connectivity index (χ3n) is 2.53. The Kier molecular flexibility index (Phi) is 2.92. The van der Waals surface area contributed by atoms with E-state index in [0.29, 0.717) is 18.4 Å². The van der Waals surface area contributed by atoms with Crippen molar-refractivity contribution in [2.24, 2.45) is 5.92 Å². The summed E-state index contributed by atoms with van der Waals surface area (Å²) < 4.78 is 0. The Labute approximate surface area is 68.4 Å². The highest BCUT2D eigenvalue weighted by Gasteiger charge is 2.23. The predicted molar refractivity (Wildman–Crippen MR) is 45.2 cm³/mol. The van der Waals surface area contributed by atoms with Gasteiger partial charge in [0.15, 0.2) is 0 Å². The molecule has 2 atom stereocenters. The molecule has 1 saturated carbocycles. The first-order chi connectivity index (χ1) is 5.24. The van der Waals surface area contributed by atoms with Gasteiger partial charge < -0.3 is 5.32 Å². The molecular formula is C9H17NO. The number of hydrogen-bond donors (Lipinski definition) is 1. The van der Waals surface area contributed by atoms with Crippen LogP contribution in [0.4, 0.5) is 0 Å². The van der Waals surface area contributed by atoms with E-state index >= 15 is 0 Å². The van der Waals surface area contributed by atoms with E-state index in [9.17, 15) is 4.79 Å². The van der Waals surface area contributed by atoms with Crippen LogP contribution in [-0.4, -0.2) is 11.9 Å². The SMILES string of the molecule is CCC(=O)NC1CCCC1C. The molecule has 0 aromatic carbocycles. The number of amides is 1. The quantitative estimate of drug-likeness (QED) is 0.646. The fourth-order valence-electron chi connectivity index (χ4n) is 1.67. The molecule has 0 heterocycles. The lowest BCUT2D eigenvalue weighted by Crippen LogP contribution is -2.35. The van der Waals surface area contributed by atoms with Crippen LogP contribution in [0, 0.1) is 5.92 Å². The molecule has 0 spiro atoms. The first kappa shape index (κ1) is 8.57. The van der Waals surface area contributed by atoms with Gasteiger partial charge in [0.1, 0.15) is 0 Å². The molecule has 2 heteroatoms. The van der Waals surface area contributed by atoms with E-state index in [0.717, 1.165) is 0 Å². The van der Waals surface area contributed by atoms with Crippen molar-refractivity contribution in [1.29, 1.82) is 0 Å². The summed E-state index contributed by atoms with van der Waals surface area (Å²) in [7, 11) is 0. The van der Waals surface area contributed by atoms with Crippen molar-refractivity contribution >= 4 is 5.91 Å². The standard InChI is InChI=1S/C9H17NO/c1-3-9(11)10-8-6-4-5-7(8)2/h7-8H,3-6H2,1-2H3,(H,10,11). The highest BCUT2D eigenvalue weighted by atomic mass is 16.1. The summed E-state index contributed by atoms with van der Waals surface area (Å²) in [6.07, 6.45) is 4.33. The molecule has 1 N–H and O–H groups in total. The highest BCUT2D eigenvalue weighted by molar-refractivity contribution is 5.75. The average molecular weight is 155 g/mol. The van der Waals surface area contributed by atoms with Crippen LogP contribution in [0.5, 0.6) is 0 Å². The van der Waals surface area contributed by atoms with Crippen molar-refractivity contribution < 1.29 is 4.79 Å². The zero-order chi connectivity index (χ0) is 8.27. The Balaban J connectivity index is 2.30. The molecule has 0 bridgehead atoms. The first-order valence-corrected chi connectivity index (χ1v) is 4.53. The zero-order valence-corrected chi connectivity index (χ0v) is 7.39. The lowest BCUT2D eigenvalue weighted by Gasteiger charge is -2.16. The van der Waals surface area contributed by atoms with Crippen LogP contribution in [0.15, 0.2) is 0 Å². The monoisotopic (exact) mass is 155 g/mol. The molecule has 64 valence electrons. The molecule has 1 fully saturated rings. The summed E-state index contributed by atoms with van der Waals surface area (Å²) in [6.45, 7) is 4.11. The fourth-order valence-corrected chi connectivity index (χ4v) is 1.67. The number of carbonyl (C=O) groups excluding carboxylic acids is 1. The zero-order valence-electron chi connectivity index (χ0n) is 7.39. The van der Waals surface area contributed by atoms with E-state index in [2.05, 4.69) is 12.2 Å².